The Bertz CT molecular complexity index is 1000. The van der Waals surface area contributed by atoms with Gasteiger partial charge in [0.1, 0.15) is 10.6 Å². The summed E-state index contributed by atoms with van der Waals surface area (Å²) in [6, 6.07) is 6.69. The fourth-order valence-electron chi connectivity index (χ4n) is 3.05. The van der Waals surface area contributed by atoms with E-state index in [0.717, 1.165) is 5.56 Å². The summed E-state index contributed by atoms with van der Waals surface area (Å²) in [5, 5.41) is 3.69. The Labute approximate surface area is 153 Å². The Morgan fingerprint density at radius 3 is 2.00 bits per heavy atom. The van der Waals surface area contributed by atoms with Gasteiger partial charge < -0.3 is 4.52 Å². The van der Waals surface area contributed by atoms with E-state index in [-0.39, 0.29) is 41.7 Å². The first-order chi connectivity index (χ1) is 12.1. The molecule has 3 rings (SSSR count). The van der Waals surface area contributed by atoms with Crippen molar-refractivity contribution in [2.45, 2.75) is 30.6 Å². The van der Waals surface area contributed by atoms with Gasteiger partial charge in [-0.15, -0.1) is 0 Å². The minimum atomic E-state index is -3.76. The van der Waals surface area contributed by atoms with E-state index >= 15 is 0 Å². The van der Waals surface area contributed by atoms with Gasteiger partial charge in [0.2, 0.25) is 20.0 Å². The monoisotopic (exact) mass is 399 g/mol. The number of rotatable bonds is 4. The standard InChI is InChI=1S/C16H21N3O5S2/c1-12-5-4-6-15(11-12)25(20,21)18-7-9-19(10-8-18)26(22,23)16-13(2)17-24-14(16)3/h4-6,11H,7-10H2,1-3H3. The van der Waals surface area contributed by atoms with Gasteiger partial charge in [0, 0.05) is 26.2 Å². The van der Waals surface area contributed by atoms with Gasteiger partial charge in [-0.2, -0.15) is 8.61 Å². The predicted molar refractivity (Wildman–Crippen MR) is 94.7 cm³/mol. The zero-order valence-electron chi connectivity index (χ0n) is 14.8. The third-order valence-electron chi connectivity index (χ3n) is 4.39. The quantitative estimate of drug-likeness (QED) is 0.768. The molecule has 0 spiro atoms. The molecule has 2 aromatic rings. The Morgan fingerprint density at radius 2 is 1.50 bits per heavy atom. The summed E-state index contributed by atoms with van der Waals surface area (Å²) in [6.45, 7) is 5.30. The molecule has 1 aliphatic heterocycles. The summed E-state index contributed by atoms with van der Waals surface area (Å²) in [5.41, 5.74) is 1.16. The molecule has 1 fully saturated rings. The van der Waals surface area contributed by atoms with Crippen LogP contribution in [0.5, 0.6) is 0 Å². The number of aryl methyl sites for hydroxylation is 3. The number of piperazine rings is 1. The first-order valence-corrected chi connectivity index (χ1v) is 11.0. The average molecular weight is 399 g/mol. The lowest BCUT2D eigenvalue weighted by Crippen LogP contribution is -2.50. The molecule has 0 radical (unpaired) electrons. The summed E-state index contributed by atoms with van der Waals surface area (Å²) in [5.74, 6) is 0.234. The van der Waals surface area contributed by atoms with Gasteiger partial charge >= 0.3 is 0 Å². The Morgan fingerprint density at radius 1 is 0.923 bits per heavy atom. The Balaban J connectivity index is 1.79. The molecule has 2 heterocycles. The van der Waals surface area contributed by atoms with E-state index < -0.39 is 20.0 Å². The van der Waals surface area contributed by atoms with Crippen LogP contribution in [-0.2, 0) is 20.0 Å². The van der Waals surface area contributed by atoms with Crippen LogP contribution in [-0.4, -0.2) is 56.8 Å². The summed E-state index contributed by atoms with van der Waals surface area (Å²) in [6.07, 6.45) is 0. The third-order valence-corrected chi connectivity index (χ3v) is 8.43. The fraction of sp³-hybridized carbons (Fsp3) is 0.438. The van der Waals surface area contributed by atoms with Crippen LogP contribution in [0.2, 0.25) is 0 Å². The molecule has 0 atom stereocenters. The van der Waals surface area contributed by atoms with Crippen LogP contribution in [0.15, 0.2) is 38.6 Å². The second-order valence-corrected chi connectivity index (χ2v) is 10.1. The van der Waals surface area contributed by atoms with Gasteiger partial charge in [-0.25, -0.2) is 16.8 Å². The van der Waals surface area contributed by atoms with Crippen molar-refractivity contribution in [1.29, 1.82) is 0 Å². The van der Waals surface area contributed by atoms with E-state index in [2.05, 4.69) is 5.16 Å². The van der Waals surface area contributed by atoms with E-state index in [9.17, 15) is 16.8 Å². The summed E-state index contributed by atoms with van der Waals surface area (Å²) >= 11 is 0. The maximum absolute atomic E-state index is 12.8. The highest BCUT2D eigenvalue weighted by Gasteiger charge is 2.36. The lowest BCUT2D eigenvalue weighted by molar-refractivity contribution is 0.272. The number of aromatic nitrogens is 1. The minimum Gasteiger partial charge on any atom is -0.360 e. The molecule has 0 N–H and O–H groups in total. The average Bonchev–Trinajstić information content (AvgIpc) is 2.94. The molecule has 0 aliphatic carbocycles. The van der Waals surface area contributed by atoms with E-state index in [1.165, 1.54) is 8.61 Å². The predicted octanol–water partition coefficient (Wildman–Crippen LogP) is 1.30. The summed E-state index contributed by atoms with van der Waals surface area (Å²) in [4.78, 5) is 0.284. The normalized spacial score (nSPS) is 17.5. The third kappa shape index (κ3) is 3.29. The van der Waals surface area contributed by atoms with Gasteiger partial charge in [-0.1, -0.05) is 17.3 Å². The molecular weight excluding hydrogens is 378 g/mol. The molecule has 1 aromatic carbocycles. The highest BCUT2D eigenvalue weighted by molar-refractivity contribution is 7.89. The number of hydrogen-bond donors (Lipinski definition) is 0. The SMILES string of the molecule is Cc1cccc(S(=O)(=O)N2CCN(S(=O)(=O)c3c(C)noc3C)CC2)c1. The second-order valence-electron chi connectivity index (χ2n) is 6.28. The number of nitrogens with zero attached hydrogens (tertiary/aromatic N) is 3. The molecule has 10 heteroatoms. The lowest BCUT2D eigenvalue weighted by atomic mass is 10.2. The molecule has 1 saturated heterocycles. The molecule has 1 aliphatic rings. The zero-order valence-corrected chi connectivity index (χ0v) is 16.5. The van der Waals surface area contributed by atoms with Gasteiger partial charge in [-0.3, -0.25) is 0 Å². The Kier molecular flexibility index (Phi) is 4.95. The van der Waals surface area contributed by atoms with E-state index in [0.29, 0.717) is 5.69 Å². The van der Waals surface area contributed by atoms with Crippen molar-refractivity contribution in [3.8, 4) is 0 Å². The molecular formula is C16H21N3O5S2. The van der Waals surface area contributed by atoms with Gasteiger partial charge in [-0.05, 0) is 38.5 Å². The van der Waals surface area contributed by atoms with Gasteiger partial charge in [0.25, 0.3) is 0 Å². The van der Waals surface area contributed by atoms with Crippen molar-refractivity contribution >= 4 is 20.0 Å². The number of hydrogen-bond acceptors (Lipinski definition) is 6. The van der Waals surface area contributed by atoms with Crippen molar-refractivity contribution < 1.29 is 21.4 Å². The molecule has 0 amide bonds. The smallest absolute Gasteiger partial charge is 0.248 e. The Hall–Kier alpha value is -1.75. The van der Waals surface area contributed by atoms with Crippen molar-refractivity contribution in [1.82, 2.24) is 13.8 Å². The molecule has 0 bridgehead atoms. The van der Waals surface area contributed by atoms with Gasteiger partial charge in [0.05, 0.1) is 4.90 Å². The molecule has 1 aromatic heterocycles. The largest absolute Gasteiger partial charge is 0.360 e. The lowest BCUT2D eigenvalue weighted by Gasteiger charge is -2.33. The maximum atomic E-state index is 12.8. The highest BCUT2D eigenvalue weighted by Crippen LogP contribution is 2.25. The highest BCUT2D eigenvalue weighted by atomic mass is 32.2. The van der Waals surface area contributed by atoms with Crippen LogP contribution in [0, 0.1) is 20.8 Å². The van der Waals surface area contributed by atoms with Gasteiger partial charge in [0.15, 0.2) is 5.76 Å². The van der Waals surface area contributed by atoms with E-state index in [4.69, 9.17) is 4.52 Å². The summed E-state index contributed by atoms with van der Waals surface area (Å²) < 4.78 is 58.7. The topological polar surface area (TPSA) is 101 Å². The molecule has 0 saturated carbocycles. The van der Waals surface area contributed by atoms with Crippen LogP contribution >= 0.6 is 0 Å². The van der Waals surface area contributed by atoms with E-state index in [1.54, 1.807) is 32.0 Å². The van der Waals surface area contributed by atoms with Crippen molar-refractivity contribution in [2.75, 3.05) is 26.2 Å². The molecule has 26 heavy (non-hydrogen) atoms. The fourth-order valence-corrected chi connectivity index (χ4v) is 6.29. The number of benzene rings is 1. The second kappa shape index (κ2) is 6.76. The van der Waals surface area contributed by atoms with Crippen LogP contribution in [0.4, 0.5) is 0 Å². The van der Waals surface area contributed by atoms with E-state index in [1.807, 2.05) is 13.0 Å². The first-order valence-electron chi connectivity index (χ1n) is 8.14. The van der Waals surface area contributed by atoms with Crippen molar-refractivity contribution in [3.05, 3.63) is 41.3 Å². The van der Waals surface area contributed by atoms with Crippen LogP contribution in [0.3, 0.4) is 0 Å². The van der Waals surface area contributed by atoms with Crippen molar-refractivity contribution in [2.24, 2.45) is 0 Å². The molecule has 8 nitrogen and oxygen atoms in total. The van der Waals surface area contributed by atoms with Crippen molar-refractivity contribution in [3.63, 3.8) is 0 Å². The zero-order chi connectivity index (χ0) is 19.1. The van der Waals surface area contributed by atoms with Crippen LogP contribution in [0.1, 0.15) is 17.0 Å². The number of sulfonamides is 2. The summed E-state index contributed by atoms with van der Waals surface area (Å²) in [7, 11) is -7.41. The van der Waals surface area contributed by atoms with Crippen LogP contribution < -0.4 is 0 Å². The first kappa shape index (κ1) is 19.0. The maximum Gasteiger partial charge on any atom is 0.248 e. The molecule has 0 unspecified atom stereocenters. The minimum absolute atomic E-state index is 0.0625. The molecule has 142 valence electrons. The van der Waals surface area contributed by atoms with Crippen LogP contribution in [0.25, 0.3) is 0 Å².